The van der Waals surface area contributed by atoms with Crippen LogP contribution < -0.4 is 4.74 Å². The van der Waals surface area contributed by atoms with Crippen LogP contribution in [0.15, 0.2) is 48.8 Å². The number of hydrogen-bond donors (Lipinski definition) is 2. The first-order valence-electron chi connectivity index (χ1n) is 10.6. The van der Waals surface area contributed by atoms with Crippen LogP contribution in [0.5, 0.6) is 11.5 Å². The molecular formula is C23H25F3N2O6. The van der Waals surface area contributed by atoms with Gasteiger partial charge in [0, 0.05) is 18.4 Å². The van der Waals surface area contributed by atoms with Crippen LogP contribution in [0.4, 0.5) is 13.2 Å². The zero-order chi connectivity index (χ0) is 24.8. The number of hydrogen-bond acceptors (Lipinski definition) is 6. The van der Waals surface area contributed by atoms with Crippen LogP contribution in [0.25, 0.3) is 0 Å². The van der Waals surface area contributed by atoms with Gasteiger partial charge in [0.05, 0.1) is 25.9 Å². The topological polar surface area (TPSA) is 109 Å². The summed E-state index contributed by atoms with van der Waals surface area (Å²) in [5.41, 5.74) is 0.297. The summed E-state index contributed by atoms with van der Waals surface area (Å²) >= 11 is 0. The van der Waals surface area contributed by atoms with Crippen molar-refractivity contribution in [2.24, 2.45) is 5.92 Å². The van der Waals surface area contributed by atoms with Crippen molar-refractivity contribution in [1.82, 2.24) is 9.88 Å². The van der Waals surface area contributed by atoms with Crippen LogP contribution in [-0.4, -0.2) is 70.1 Å². The van der Waals surface area contributed by atoms with Crippen LogP contribution in [0.1, 0.15) is 29.6 Å². The number of alkyl halides is 3. The van der Waals surface area contributed by atoms with Gasteiger partial charge >= 0.3 is 12.1 Å². The van der Waals surface area contributed by atoms with E-state index in [9.17, 15) is 23.1 Å². The molecule has 1 atom stereocenters. The molecule has 0 saturated carbocycles. The molecule has 3 heterocycles. The number of rotatable bonds is 5. The lowest BCUT2D eigenvalue weighted by atomic mass is 9.79. The van der Waals surface area contributed by atoms with Gasteiger partial charge in [0.25, 0.3) is 5.91 Å². The van der Waals surface area contributed by atoms with Gasteiger partial charge in [-0.05, 0) is 55.5 Å². The second kappa shape index (κ2) is 10.7. The molecule has 2 aromatic rings. The molecule has 34 heavy (non-hydrogen) atoms. The summed E-state index contributed by atoms with van der Waals surface area (Å²) in [7, 11) is 0. The Morgan fingerprint density at radius 1 is 1.24 bits per heavy atom. The third-order valence-corrected chi connectivity index (χ3v) is 5.61. The highest BCUT2D eigenvalue weighted by molar-refractivity contribution is 5.95. The minimum atomic E-state index is -5.08. The maximum absolute atomic E-state index is 12.5. The number of aromatic hydroxyl groups is 1. The van der Waals surface area contributed by atoms with E-state index in [4.69, 9.17) is 19.4 Å². The van der Waals surface area contributed by atoms with E-state index in [1.54, 1.807) is 35.5 Å². The first-order valence-corrected chi connectivity index (χ1v) is 10.6. The predicted octanol–water partition coefficient (Wildman–Crippen LogP) is 3.51. The van der Waals surface area contributed by atoms with Gasteiger partial charge in [-0.1, -0.05) is 6.07 Å². The number of carbonyl (C=O) groups excluding carboxylic acids is 1. The van der Waals surface area contributed by atoms with Crippen LogP contribution in [-0.2, 0) is 9.53 Å². The van der Waals surface area contributed by atoms with E-state index in [1.165, 1.54) is 6.07 Å². The monoisotopic (exact) mass is 482 g/mol. The van der Waals surface area contributed by atoms with Crippen LogP contribution >= 0.6 is 0 Å². The lowest BCUT2D eigenvalue weighted by Gasteiger charge is -2.53. The summed E-state index contributed by atoms with van der Waals surface area (Å²) < 4.78 is 43.5. The third kappa shape index (κ3) is 6.83. The van der Waals surface area contributed by atoms with Crippen molar-refractivity contribution in [3.8, 4) is 11.5 Å². The molecule has 0 bridgehead atoms. The Bertz CT molecular complexity index is 980. The lowest BCUT2D eigenvalue weighted by molar-refractivity contribution is -0.192. The minimum Gasteiger partial charge on any atom is -0.508 e. The molecule has 1 amide bonds. The van der Waals surface area contributed by atoms with Crippen molar-refractivity contribution in [2.45, 2.75) is 31.0 Å². The van der Waals surface area contributed by atoms with Gasteiger partial charge in [-0.2, -0.15) is 13.2 Å². The van der Waals surface area contributed by atoms with Gasteiger partial charge in [0.15, 0.2) is 0 Å². The van der Waals surface area contributed by atoms with Gasteiger partial charge in [-0.15, -0.1) is 0 Å². The second-order valence-corrected chi connectivity index (χ2v) is 8.23. The number of amides is 1. The summed E-state index contributed by atoms with van der Waals surface area (Å²) in [5.74, 6) is -1.37. The highest BCUT2D eigenvalue weighted by Crippen LogP contribution is 2.38. The van der Waals surface area contributed by atoms with E-state index >= 15 is 0 Å². The van der Waals surface area contributed by atoms with E-state index in [0.717, 1.165) is 31.6 Å². The number of ether oxygens (including phenoxy) is 2. The number of nitrogens with zero attached hydrogens (tertiary/aromatic N) is 2. The highest BCUT2D eigenvalue weighted by atomic mass is 19.4. The smallest absolute Gasteiger partial charge is 0.490 e. The number of aromatic nitrogens is 1. The first kappa shape index (κ1) is 25.3. The minimum absolute atomic E-state index is 0.0536. The normalized spacial score (nSPS) is 18.9. The summed E-state index contributed by atoms with van der Waals surface area (Å²) in [5, 5.41) is 16.7. The van der Waals surface area contributed by atoms with Crippen molar-refractivity contribution >= 4 is 11.9 Å². The van der Waals surface area contributed by atoms with Crippen molar-refractivity contribution in [3.63, 3.8) is 0 Å². The number of benzene rings is 1. The van der Waals surface area contributed by atoms with E-state index in [-0.39, 0.29) is 17.3 Å². The van der Waals surface area contributed by atoms with Crippen LogP contribution in [0.3, 0.4) is 0 Å². The van der Waals surface area contributed by atoms with Crippen molar-refractivity contribution in [1.29, 1.82) is 0 Å². The standard InChI is InChI=1S/C21H24N2O4.C2HF3O2/c24-18-4-1-3-17(11-18)20(25)23-14-21(15-23)12-16(7-10-27-21)6-9-26-19-5-2-8-22-13-19;3-2(4,5)1(6)7/h1-5,8,11,13,16,24H,6-7,9-10,12,14-15H2;(H,6,7). The van der Waals surface area contributed by atoms with Gasteiger partial charge in [-0.3, -0.25) is 9.78 Å². The number of carboxylic acids is 1. The molecule has 184 valence electrons. The molecule has 1 spiro atoms. The number of phenolic OH excluding ortho intramolecular Hbond substituents is 1. The zero-order valence-electron chi connectivity index (χ0n) is 18.2. The quantitative estimate of drug-likeness (QED) is 0.671. The molecule has 2 saturated heterocycles. The van der Waals surface area contributed by atoms with E-state index in [0.29, 0.717) is 31.2 Å². The molecule has 2 fully saturated rings. The molecular weight excluding hydrogens is 457 g/mol. The van der Waals surface area contributed by atoms with Crippen LogP contribution in [0.2, 0.25) is 0 Å². The largest absolute Gasteiger partial charge is 0.508 e. The maximum Gasteiger partial charge on any atom is 0.490 e. The Balaban J connectivity index is 0.000000406. The summed E-state index contributed by atoms with van der Waals surface area (Å²) in [4.78, 5) is 27.3. The average Bonchev–Trinajstić information content (AvgIpc) is 2.78. The number of pyridine rings is 1. The zero-order valence-corrected chi connectivity index (χ0v) is 18.2. The van der Waals surface area contributed by atoms with E-state index in [2.05, 4.69) is 4.98 Å². The molecule has 1 unspecified atom stereocenters. The molecule has 1 aromatic heterocycles. The van der Waals surface area contributed by atoms with Gasteiger partial charge in [0.2, 0.25) is 0 Å². The SMILES string of the molecule is O=C(O)C(F)(F)F.O=C(c1cccc(O)c1)N1CC2(CC(CCOc3cccnc3)CCO2)C1. The van der Waals surface area contributed by atoms with Gasteiger partial charge in [-0.25, -0.2) is 4.79 Å². The summed E-state index contributed by atoms with van der Waals surface area (Å²) in [6.07, 6.45) is 1.32. The molecule has 2 aliphatic rings. The number of carbonyl (C=O) groups is 2. The summed E-state index contributed by atoms with van der Waals surface area (Å²) in [6, 6.07) is 10.3. The molecule has 0 radical (unpaired) electrons. The van der Waals surface area contributed by atoms with Crippen molar-refractivity contribution in [3.05, 3.63) is 54.4 Å². The fourth-order valence-electron chi connectivity index (χ4n) is 3.99. The third-order valence-electron chi connectivity index (χ3n) is 5.61. The maximum atomic E-state index is 12.5. The molecule has 2 N–H and O–H groups in total. The Labute approximate surface area is 193 Å². The number of halogens is 3. The van der Waals surface area contributed by atoms with Crippen LogP contribution in [0, 0.1) is 5.92 Å². The van der Waals surface area contributed by atoms with E-state index < -0.39 is 12.1 Å². The van der Waals surface area contributed by atoms with E-state index in [1.807, 2.05) is 12.1 Å². The Morgan fingerprint density at radius 3 is 2.59 bits per heavy atom. The highest BCUT2D eigenvalue weighted by Gasteiger charge is 2.49. The Kier molecular flexibility index (Phi) is 7.98. The second-order valence-electron chi connectivity index (χ2n) is 8.23. The Hall–Kier alpha value is -3.34. The van der Waals surface area contributed by atoms with Gasteiger partial charge < -0.3 is 24.6 Å². The Morgan fingerprint density at radius 2 is 1.97 bits per heavy atom. The molecule has 0 aliphatic carbocycles. The molecule has 4 rings (SSSR count). The first-order chi connectivity index (χ1) is 16.1. The number of likely N-dealkylation sites (tertiary alicyclic amines) is 1. The average molecular weight is 482 g/mol. The van der Waals surface area contributed by atoms with Crippen molar-refractivity contribution in [2.75, 3.05) is 26.3 Å². The predicted molar refractivity (Wildman–Crippen MR) is 113 cm³/mol. The molecule has 8 nitrogen and oxygen atoms in total. The molecule has 2 aliphatic heterocycles. The molecule has 11 heteroatoms. The van der Waals surface area contributed by atoms with Crippen molar-refractivity contribution < 1.29 is 42.4 Å². The lowest BCUT2D eigenvalue weighted by Crippen LogP contribution is -2.66. The molecule has 1 aromatic carbocycles. The number of carboxylic acid groups (broad SMARTS) is 1. The number of phenols is 1. The summed E-state index contributed by atoms with van der Waals surface area (Å²) in [6.45, 7) is 2.62. The fourth-order valence-corrected chi connectivity index (χ4v) is 3.99. The van der Waals surface area contributed by atoms with Gasteiger partial charge in [0.1, 0.15) is 17.1 Å². The number of aliphatic carboxylic acids is 1. The fraction of sp³-hybridized carbons (Fsp3) is 0.435.